The molecule has 0 aliphatic heterocycles. The van der Waals surface area contributed by atoms with Crippen LogP contribution >= 0.6 is 0 Å². The number of ether oxygens (including phenoxy) is 1. The van der Waals surface area contributed by atoms with Crippen LogP contribution < -0.4 is 10.5 Å². The number of carboxylic acids is 1. The first-order valence-electron chi connectivity index (χ1n) is 6.68. The minimum Gasteiger partial charge on any atom is -0.481 e. The van der Waals surface area contributed by atoms with Gasteiger partial charge in [-0.05, 0) is 34.9 Å². The minimum absolute atomic E-state index is 0.207. The molecule has 4 nitrogen and oxygen atoms in total. The summed E-state index contributed by atoms with van der Waals surface area (Å²) in [6.07, 6.45) is -4.94. The normalized spacial score (nSPS) is 12.7. The van der Waals surface area contributed by atoms with Crippen molar-refractivity contribution in [3.63, 3.8) is 0 Å². The molecule has 2 aromatic rings. The number of aliphatic carboxylic acids is 1. The van der Waals surface area contributed by atoms with E-state index in [-0.39, 0.29) is 12.2 Å². The molecule has 23 heavy (non-hydrogen) atoms. The fourth-order valence-electron chi connectivity index (χ4n) is 2.10. The molecule has 2 rings (SSSR count). The number of rotatable bonds is 5. The maximum Gasteiger partial charge on any atom is 0.573 e. The van der Waals surface area contributed by atoms with Crippen LogP contribution in [0, 0.1) is 0 Å². The SMILES string of the molecule is N[C@@H](CC(=O)O)c1cccc(-c2ccc(OC(F)(F)F)cc2)c1. The van der Waals surface area contributed by atoms with Gasteiger partial charge < -0.3 is 15.6 Å². The van der Waals surface area contributed by atoms with Gasteiger partial charge in [0.1, 0.15) is 5.75 Å². The molecule has 0 unspecified atom stereocenters. The topological polar surface area (TPSA) is 72.6 Å². The molecule has 3 N–H and O–H groups in total. The highest BCUT2D eigenvalue weighted by molar-refractivity contribution is 5.69. The fraction of sp³-hybridized carbons (Fsp3) is 0.188. The van der Waals surface area contributed by atoms with Gasteiger partial charge in [0, 0.05) is 6.04 Å². The molecule has 0 amide bonds. The Bertz CT molecular complexity index is 684. The molecule has 0 heterocycles. The molecule has 2 aromatic carbocycles. The quantitative estimate of drug-likeness (QED) is 0.878. The number of hydrogen-bond donors (Lipinski definition) is 2. The monoisotopic (exact) mass is 325 g/mol. The van der Waals surface area contributed by atoms with Crippen LogP contribution in [0.5, 0.6) is 5.75 Å². The zero-order valence-corrected chi connectivity index (χ0v) is 11.9. The summed E-state index contributed by atoms with van der Waals surface area (Å²) < 4.78 is 40.2. The Morgan fingerprint density at radius 1 is 1.13 bits per heavy atom. The number of benzene rings is 2. The Kier molecular flexibility index (Phi) is 4.90. The predicted octanol–water partition coefficient (Wildman–Crippen LogP) is 3.73. The third kappa shape index (κ3) is 5.00. The molecule has 0 radical (unpaired) electrons. The summed E-state index contributed by atoms with van der Waals surface area (Å²) in [4.78, 5) is 10.7. The number of halogens is 3. The summed E-state index contributed by atoms with van der Waals surface area (Å²) in [5, 5.41) is 8.77. The van der Waals surface area contributed by atoms with Crippen LogP contribution in [-0.2, 0) is 4.79 Å². The number of carbonyl (C=O) groups is 1. The zero-order valence-electron chi connectivity index (χ0n) is 11.9. The molecular formula is C16H14F3NO3. The first-order chi connectivity index (χ1) is 10.7. The highest BCUT2D eigenvalue weighted by atomic mass is 19.4. The van der Waals surface area contributed by atoms with Crippen molar-refractivity contribution < 1.29 is 27.8 Å². The van der Waals surface area contributed by atoms with Gasteiger partial charge in [-0.1, -0.05) is 30.3 Å². The number of carboxylic acid groups (broad SMARTS) is 1. The van der Waals surface area contributed by atoms with Crippen LogP contribution in [0.15, 0.2) is 48.5 Å². The molecule has 0 aromatic heterocycles. The second kappa shape index (κ2) is 6.70. The van der Waals surface area contributed by atoms with Gasteiger partial charge >= 0.3 is 12.3 Å². The third-order valence-corrected chi connectivity index (χ3v) is 3.13. The molecule has 1 atom stereocenters. The van der Waals surface area contributed by atoms with Gasteiger partial charge in [0.2, 0.25) is 0 Å². The van der Waals surface area contributed by atoms with E-state index in [2.05, 4.69) is 4.74 Å². The fourth-order valence-corrected chi connectivity index (χ4v) is 2.10. The summed E-state index contributed by atoms with van der Waals surface area (Å²) in [7, 11) is 0. The lowest BCUT2D eigenvalue weighted by atomic mass is 9.98. The van der Waals surface area contributed by atoms with Gasteiger partial charge in [0.25, 0.3) is 0 Å². The number of nitrogens with two attached hydrogens (primary N) is 1. The third-order valence-electron chi connectivity index (χ3n) is 3.13. The Morgan fingerprint density at radius 3 is 2.35 bits per heavy atom. The minimum atomic E-state index is -4.73. The zero-order chi connectivity index (χ0) is 17.0. The molecule has 7 heteroatoms. The van der Waals surface area contributed by atoms with Crippen LogP contribution in [0.3, 0.4) is 0 Å². The van der Waals surface area contributed by atoms with Crippen molar-refractivity contribution in [2.24, 2.45) is 5.73 Å². The first-order valence-corrected chi connectivity index (χ1v) is 6.68. The van der Waals surface area contributed by atoms with Gasteiger partial charge in [0.05, 0.1) is 6.42 Å². The van der Waals surface area contributed by atoms with E-state index in [1.807, 2.05) is 0 Å². The van der Waals surface area contributed by atoms with E-state index in [4.69, 9.17) is 10.8 Å². The van der Waals surface area contributed by atoms with Crippen LogP contribution in [0.4, 0.5) is 13.2 Å². The summed E-state index contributed by atoms with van der Waals surface area (Å²) in [5.74, 6) is -1.31. The second-order valence-corrected chi connectivity index (χ2v) is 4.90. The molecular weight excluding hydrogens is 311 g/mol. The summed E-state index contributed by atoms with van der Waals surface area (Å²) >= 11 is 0. The van der Waals surface area contributed by atoms with Crippen molar-refractivity contribution in [1.82, 2.24) is 0 Å². The largest absolute Gasteiger partial charge is 0.573 e. The molecule has 0 spiro atoms. The molecule has 122 valence electrons. The smallest absolute Gasteiger partial charge is 0.481 e. The predicted molar refractivity (Wildman–Crippen MR) is 77.7 cm³/mol. The van der Waals surface area contributed by atoms with E-state index in [1.165, 1.54) is 24.3 Å². The van der Waals surface area contributed by atoms with Gasteiger partial charge in [-0.2, -0.15) is 0 Å². The Hall–Kier alpha value is -2.54. The van der Waals surface area contributed by atoms with Crippen molar-refractivity contribution in [1.29, 1.82) is 0 Å². The van der Waals surface area contributed by atoms with Crippen LogP contribution in [0.2, 0.25) is 0 Å². The van der Waals surface area contributed by atoms with Crippen molar-refractivity contribution in [2.75, 3.05) is 0 Å². The summed E-state index contributed by atoms with van der Waals surface area (Å²) in [5.41, 5.74) is 7.84. The maximum absolute atomic E-state index is 12.1. The van der Waals surface area contributed by atoms with Crippen molar-refractivity contribution in [3.05, 3.63) is 54.1 Å². The van der Waals surface area contributed by atoms with Crippen LogP contribution in [-0.4, -0.2) is 17.4 Å². The van der Waals surface area contributed by atoms with Crippen LogP contribution in [0.1, 0.15) is 18.0 Å². The van der Waals surface area contributed by atoms with E-state index in [0.717, 1.165) is 5.56 Å². The van der Waals surface area contributed by atoms with E-state index >= 15 is 0 Å². The Balaban J connectivity index is 2.20. The average molecular weight is 325 g/mol. The average Bonchev–Trinajstić information content (AvgIpc) is 2.46. The molecule has 0 fully saturated rings. The van der Waals surface area contributed by atoms with Crippen molar-refractivity contribution in [3.8, 4) is 16.9 Å². The molecule has 0 aliphatic carbocycles. The Labute approximate surface area is 130 Å². The number of alkyl halides is 3. The van der Waals surface area contributed by atoms with Crippen LogP contribution in [0.25, 0.3) is 11.1 Å². The van der Waals surface area contributed by atoms with Gasteiger partial charge in [0.15, 0.2) is 0 Å². The molecule has 0 aliphatic rings. The molecule has 0 bridgehead atoms. The van der Waals surface area contributed by atoms with Gasteiger partial charge in [-0.25, -0.2) is 0 Å². The van der Waals surface area contributed by atoms with E-state index in [9.17, 15) is 18.0 Å². The molecule has 0 saturated carbocycles. The van der Waals surface area contributed by atoms with Crippen molar-refractivity contribution in [2.45, 2.75) is 18.8 Å². The van der Waals surface area contributed by atoms with E-state index in [1.54, 1.807) is 24.3 Å². The van der Waals surface area contributed by atoms with Crippen molar-refractivity contribution >= 4 is 5.97 Å². The van der Waals surface area contributed by atoms with Gasteiger partial charge in [-0.3, -0.25) is 4.79 Å². The summed E-state index contributed by atoms with van der Waals surface area (Å²) in [6, 6.07) is 11.7. The van der Waals surface area contributed by atoms with Gasteiger partial charge in [-0.15, -0.1) is 13.2 Å². The van der Waals surface area contributed by atoms with E-state index in [0.29, 0.717) is 11.1 Å². The Morgan fingerprint density at radius 2 is 1.78 bits per heavy atom. The first kappa shape index (κ1) is 16.8. The highest BCUT2D eigenvalue weighted by Crippen LogP contribution is 2.28. The molecule has 0 saturated heterocycles. The summed E-state index contributed by atoms with van der Waals surface area (Å²) in [6.45, 7) is 0. The van der Waals surface area contributed by atoms with E-state index < -0.39 is 18.4 Å². The maximum atomic E-state index is 12.1. The lowest BCUT2D eigenvalue weighted by Gasteiger charge is -2.12. The lowest BCUT2D eigenvalue weighted by molar-refractivity contribution is -0.274. The standard InChI is InChI=1S/C16H14F3NO3/c17-16(18,19)23-13-6-4-10(5-7-13)11-2-1-3-12(8-11)14(20)9-15(21)22/h1-8,14H,9,20H2,(H,21,22)/t14-/m0/s1. The lowest BCUT2D eigenvalue weighted by Crippen LogP contribution is -2.16. The number of hydrogen-bond acceptors (Lipinski definition) is 3. The second-order valence-electron chi connectivity index (χ2n) is 4.90. The highest BCUT2D eigenvalue weighted by Gasteiger charge is 2.30.